The van der Waals surface area contributed by atoms with Crippen LogP contribution < -0.4 is 16.0 Å². The van der Waals surface area contributed by atoms with Gasteiger partial charge in [0.25, 0.3) is 5.91 Å². The van der Waals surface area contributed by atoms with Crippen LogP contribution in [0.15, 0.2) is 18.2 Å². The summed E-state index contributed by atoms with van der Waals surface area (Å²) in [4.78, 5) is 23.1. The molecule has 0 aliphatic heterocycles. The fraction of sp³-hybridized carbons (Fsp3) is 0.467. The number of halogens is 2. The minimum atomic E-state index is -0.921. The lowest BCUT2D eigenvalue weighted by Gasteiger charge is -2.13. The van der Waals surface area contributed by atoms with Crippen LogP contribution in [0.3, 0.4) is 0 Å². The van der Waals surface area contributed by atoms with Gasteiger partial charge in [0.2, 0.25) is 0 Å². The van der Waals surface area contributed by atoms with E-state index in [2.05, 4.69) is 10.6 Å². The number of nitrogens with one attached hydrogen (secondary N) is 2. The van der Waals surface area contributed by atoms with Crippen LogP contribution in [0.5, 0.6) is 0 Å². The fourth-order valence-corrected chi connectivity index (χ4v) is 1.76. The van der Waals surface area contributed by atoms with Gasteiger partial charge in [-0.25, -0.2) is 13.6 Å². The average molecular weight is 314 g/mol. The molecule has 3 amide bonds. The monoisotopic (exact) mass is 314 g/mol. The van der Waals surface area contributed by atoms with Crippen molar-refractivity contribution in [2.75, 3.05) is 6.54 Å². The van der Waals surface area contributed by atoms with Crippen molar-refractivity contribution >= 4 is 11.9 Å². The number of quaternary nitrogens is 1. The van der Waals surface area contributed by atoms with Gasteiger partial charge in [-0.15, -0.1) is 0 Å². The summed E-state index contributed by atoms with van der Waals surface area (Å²) in [7, 11) is 0. The van der Waals surface area contributed by atoms with Gasteiger partial charge in [0.05, 0.1) is 0 Å². The molecule has 5 nitrogen and oxygen atoms in total. The van der Waals surface area contributed by atoms with Gasteiger partial charge in [-0.2, -0.15) is 0 Å². The third kappa shape index (κ3) is 5.77. The maximum absolute atomic E-state index is 13.1. The lowest BCUT2D eigenvalue weighted by molar-refractivity contribution is -0.682. The molecule has 0 radical (unpaired) electrons. The SMILES string of the molecule is CC[C@H](C)NC(=O)NC(=O)C[NH2+][C@@H](C)c1ccc(F)c(F)c1. The first-order valence-electron chi connectivity index (χ1n) is 7.22. The molecule has 0 saturated heterocycles. The molecule has 0 heterocycles. The van der Waals surface area contributed by atoms with Crippen molar-refractivity contribution in [1.29, 1.82) is 0 Å². The molecule has 0 spiro atoms. The number of carbonyl (C=O) groups is 2. The third-order valence-corrected chi connectivity index (χ3v) is 3.37. The summed E-state index contributed by atoms with van der Waals surface area (Å²) in [6.45, 7) is 5.53. The molecule has 122 valence electrons. The van der Waals surface area contributed by atoms with E-state index in [0.29, 0.717) is 5.56 Å². The topological polar surface area (TPSA) is 74.8 Å². The van der Waals surface area contributed by atoms with Crippen LogP contribution in [-0.4, -0.2) is 24.5 Å². The molecule has 2 atom stereocenters. The van der Waals surface area contributed by atoms with Crippen LogP contribution in [0.1, 0.15) is 38.8 Å². The van der Waals surface area contributed by atoms with Gasteiger partial charge < -0.3 is 10.6 Å². The number of rotatable bonds is 6. The Balaban J connectivity index is 2.43. The van der Waals surface area contributed by atoms with E-state index in [9.17, 15) is 18.4 Å². The molecule has 22 heavy (non-hydrogen) atoms. The highest BCUT2D eigenvalue weighted by molar-refractivity contribution is 5.94. The Morgan fingerprint density at radius 3 is 2.50 bits per heavy atom. The van der Waals surface area contributed by atoms with E-state index >= 15 is 0 Å². The Morgan fingerprint density at radius 2 is 1.91 bits per heavy atom. The molecule has 0 aliphatic carbocycles. The van der Waals surface area contributed by atoms with E-state index in [1.807, 2.05) is 13.8 Å². The van der Waals surface area contributed by atoms with Crippen molar-refractivity contribution in [3.63, 3.8) is 0 Å². The van der Waals surface area contributed by atoms with Crippen molar-refractivity contribution in [3.05, 3.63) is 35.4 Å². The molecule has 1 aromatic carbocycles. The van der Waals surface area contributed by atoms with Crippen LogP contribution in [-0.2, 0) is 4.79 Å². The summed E-state index contributed by atoms with van der Waals surface area (Å²) >= 11 is 0. The van der Waals surface area contributed by atoms with E-state index in [1.54, 1.807) is 12.2 Å². The number of carbonyl (C=O) groups excluding carboxylic acids is 2. The van der Waals surface area contributed by atoms with Crippen LogP contribution in [0.25, 0.3) is 0 Å². The zero-order valence-corrected chi connectivity index (χ0v) is 13.0. The molecular weight excluding hydrogens is 292 g/mol. The molecule has 0 bridgehead atoms. The minimum absolute atomic E-state index is 0.00802. The molecule has 1 aromatic rings. The van der Waals surface area contributed by atoms with E-state index in [0.717, 1.165) is 18.6 Å². The summed E-state index contributed by atoms with van der Waals surface area (Å²) < 4.78 is 26.0. The predicted molar refractivity (Wildman–Crippen MR) is 78.0 cm³/mol. The maximum Gasteiger partial charge on any atom is 0.321 e. The molecule has 0 aliphatic rings. The van der Waals surface area contributed by atoms with Gasteiger partial charge in [0.1, 0.15) is 6.04 Å². The summed E-state index contributed by atoms with van der Waals surface area (Å²) in [6.07, 6.45) is 0.765. The normalized spacial score (nSPS) is 13.3. The molecule has 0 fully saturated rings. The average Bonchev–Trinajstić information content (AvgIpc) is 2.47. The largest absolute Gasteiger partial charge is 0.335 e. The Morgan fingerprint density at radius 1 is 1.23 bits per heavy atom. The van der Waals surface area contributed by atoms with Gasteiger partial charge in [0, 0.05) is 11.6 Å². The summed E-state index contributed by atoms with van der Waals surface area (Å²) in [5, 5.41) is 6.47. The maximum atomic E-state index is 13.1. The van der Waals surface area contributed by atoms with Crippen LogP contribution in [0, 0.1) is 11.6 Å². The predicted octanol–water partition coefficient (Wildman–Crippen LogP) is 1.21. The van der Waals surface area contributed by atoms with E-state index in [1.165, 1.54) is 6.07 Å². The van der Waals surface area contributed by atoms with Gasteiger partial charge in [-0.1, -0.05) is 6.92 Å². The van der Waals surface area contributed by atoms with Crippen LogP contribution in [0.4, 0.5) is 13.6 Å². The molecule has 0 saturated carbocycles. The zero-order chi connectivity index (χ0) is 16.7. The first kappa shape index (κ1) is 18.0. The standard InChI is InChI=1S/C15H21F2N3O2/c1-4-9(2)19-15(22)20-14(21)8-18-10(3)11-5-6-12(16)13(17)7-11/h5-7,9-10,18H,4,8H2,1-3H3,(H2,19,20,21,22)/p+1/t9-,10-/m0/s1. The quantitative estimate of drug-likeness (QED) is 0.738. The lowest BCUT2D eigenvalue weighted by atomic mass is 10.1. The molecule has 1 rings (SSSR count). The summed E-state index contributed by atoms with van der Waals surface area (Å²) in [6, 6.07) is 2.83. The molecule has 0 aromatic heterocycles. The number of imide groups is 1. The van der Waals surface area contributed by atoms with E-state index in [-0.39, 0.29) is 18.6 Å². The van der Waals surface area contributed by atoms with Crippen LogP contribution >= 0.6 is 0 Å². The van der Waals surface area contributed by atoms with Crippen molar-refractivity contribution in [3.8, 4) is 0 Å². The Bertz CT molecular complexity index is 538. The number of hydrogen-bond donors (Lipinski definition) is 3. The summed E-state index contributed by atoms with van der Waals surface area (Å²) in [5.41, 5.74) is 0.566. The second-order valence-corrected chi connectivity index (χ2v) is 5.23. The molecular formula is C15H22F2N3O2+. The fourth-order valence-electron chi connectivity index (χ4n) is 1.76. The second kappa shape index (κ2) is 8.43. The molecule has 7 heteroatoms. The van der Waals surface area contributed by atoms with E-state index < -0.39 is 23.6 Å². The van der Waals surface area contributed by atoms with Crippen molar-refractivity contribution in [2.24, 2.45) is 0 Å². The van der Waals surface area contributed by atoms with Gasteiger partial charge in [-0.05, 0) is 38.5 Å². The van der Waals surface area contributed by atoms with Gasteiger partial charge >= 0.3 is 6.03 Å². The number of hydrogen-bond acceptors (Lipinski definition) is 2. The molecule has 0 unspecified atom stereocenters. The highest BCUT2D eigenvalue weighted by Gasteiger charge is 2.15. The number of amides is 3. The summed E-state index contributed by atoms with van der Waals surface area (Å²) in [5.74, 6) is -2.28. The first-order valence-corrected chi connectivity index (χ1v) is 7.22. The van der Waals surface area contributed by atoms with Gasteiger partial charge in [-0.3, -0.25) is 10.1 Å². The number of benzene rings is 1. The van der Waals surface area contributed by atoms with Crippen molar-refractivity contribution in [2.45, 2.75) is 39.3 Å². The Kier molecular flexibility index (Phi) is 6.91. The van der Waals surface area contributed by atoms with Gasteiger partial charge in [0.15, 0.2) is 18.2 Å². The number of nitrogens with two attached hydrogens (primary N) is 1. The molecule has 4 N–H and O–H groups in total. The number of urea groups is 1. The lowest BCUT2D eigenvalue weighted by Crippen LogP contribution is -2.87. The van der Waals surface area contributed by atoms with Crippen molar-refractivity contribution in [1.82, 2.24) is 10.6 Å². The first-order chi connectivity index (χ1) is 10.3. The van der Waals surface area contributed by atoms with Crippen LogP contribution in [0.2, 0.25) is 0 Å². The zero-order valence-electron chi connectivity index (χ0n) is 13.0. The Labute approximate surface area is 128 Å². The van der Waals surface area contributed by atoms with E-state index in [4.69, 9.17) is 0 Å². The Hall–Kier alpha value is -2.02. The minimum Gasteiger partial charge on any atom is -0.335 e. The highest BCUT2D eigenvalue weighted by Crippen LogP contribution is 2.12. The smallest absolute Gasteiger partial charge is 0.321 e. The van der Waals surface area contributed by atoms with Crippen molar-refractivity contribution < 1.29 is 23.7 Å². The second-order valence-electron chi connectivity index (χ2n) is 5.23. The third-order valence-electron chi connectivity index (χ3n) is 3.37. The highest BCUT2D eigenvalue weighted by atomic mass is 19.2.